The van der Waals surface area contributed by atoms with E-state index in [0.29, 0.717) is 42.7 Å². The summed E-state index contributed by atoms with van der Waals surface area (Å²) in [7, 11) is 1.72. The van der Waals surface area contributed by atoms with Gasteiger partial charge in [-0.05, 0) is 55.2 Å². The van der Waals surface area contributed by atoms with Gasteiger partial charge in [0.1, 0.15) is 6.07 Å². The van der Waals surface area contributed by atoms with Gasteiger partial charge in [-0.2, -0.15) is 5.26 Å². The Hall–Kier alpha value is -4.22. The second kappa shape index (κ2) is 10.6. The van der Waals surface area contributed by atoms with Crippen LogP contribution >= 0.6 is 0 Å². The van der Waals surface area contributed by atoms with Gasteiger partial charge < -0.3 is 19.9 Å². The predicted molar refractivity (Wildman–Crippen MR) is 139 cm³/mol. The Morgan fingerprint density at radius 3 is 2.92 bits per heavy atom. The first-order chi connectivity index (χ1) is 17.7. The van der Waals surface area contributed by atoms with Crippen molar-refractivity contribution in [2.45, 2.75) is 25.3 Å². The Morgan fingerprint density at radius 2 is 2.11 bits per heavy atom. The van der Waals surface area contributed by atoms with Gasteiger partial charge in [-0.1, -0.05) is 18.2 Å². The number of aromatic amines is 1. The minimum absolute atomic E-state index is 0.121. The third-order valence-electron chi connectivity index (χ3n) is 6.64. The summed E-state index contributed by atoms with van der Waals surface area (Å²) in [5.74, 6) is 0.596. The van der Waals surface area contributed by atoms with E-state index < -0.39 is 0 Å². The maximum Gasteiger partial charge on any atom is 0.251 e. The Morgan fingerprint density at radius 1 is 1.25 bits per heavy atom. The summed E-state index contributed by atoms with van der Waals surface area (Å²) in [4.78, 5) is 27.2. The number of nitrogens with zero attached hydrogens (tertiary/aromatic N) is 4. The zero-order chi connectivity index (χ0) is 24.9. The number of nitriles is 1. The normalized spacial score (nSPS) is 15.2. The molecule has 3 heterocycles. The number of amides is 1. The molecule has 8 heteroatoms. The number of carbonyl (C=O) groups is 1. The van der Waals surface area contributed by atoms with E-state index in [2.05, 4.69) is 26.3 Å². The number of hydrogen-bond donors (Lipinski definition) is 2. The molecule has 8 nitrogen and oxygen atoms in total. The van der Waals surface area contributed by atoms with Crippen LogP contribution in [0, 0.1) is 11.3 Å². The molecule has 4 aromatic rings. The van der Waals surface area contributed by atoms with E-state index in [1.54, 1.807) is 19.5 Å². The molecule has 1 fully saturated rings. The van der Waals surface area contributed by atoms with Crippen LogP contribution in [0.15, 0.2) is 60.9 Å². The summed E-state index contributed by atoms with van der Waals surface area (Å²) in [6.45, 7) is 2.10. The lowest BCUT2D eigenvalue weighted by Crippen LogP contribution is -2.34. The number of carbonyl (C=O) groups excluding carboxylic acids is 1. The van der Waals surface area contributed by atoms with Crippen molar-refractivity contribution in [1.82, 2.24) is 20.3 Å². The summed E-state index contributed by atoms with van der Waals surface area (Å²) >= 11 is 0. The number of methoxy groups -OCH3 is 1. The predicted octanol–water partition coefficient (Wildman–Crippen LogP) is 4.08. The monoisotopic (exact) mass is 480 g/mol. The smallest absolute Gasteiger partial charge is 0.251 e. The lowest BCUT2D eigenvalue weighted by atomic mass is 10.1. The fourth-order valence-corrected chi connectivity index (χ4v) is 4.74. The summed E-state index contributed by atoms with van der Waals surface area (Å²) < 4.78 is 5.36. The SMILES string of the molecule is COC[C@@H]1CCCN1c1nccc(-c2ccc(C(=O)NCCc3ccc4[nH]cc(C#N)c4c3)cc2)n1. The highest BCUT2D eigenvalue weighted by Gasteiger charge is 2.26. The Balaban J connectivity index is 1.21. The van der Waals surface area contributed by atoms with E-state index in [4.69, 9.17) is 9.72 Å². The molecule has 0 saturated carbocycles. The standard InChI is InChI=1S/C28H28N6O2/c1-36-18-23-3-2-14-34(23)28-31-13-11-25(33-28)20-5-7-21(8-6-20)27(35)30-12-10-19-4-9-26-24(15-19)22(16-29)17-32-26/h4-9,11,13,15,17,23,32H,2-3,10,12,14,18H2,1H3,(H,30,35)/t23-/m0/s1. The Kier molecular flexibility index (Phi) is 6.92. The van der Waals surface area contributed by atoms with Gasteiger partial charge in [0.15, 0.2) is 0 Å². The molecule has 2 aromatic carbocycles. The number of aromatic nitrogens is 3. The van der Waals surface area contributed by atoms with Crippen molar-refractivity contribution in [3.63, 3.8) is 0 Å². The Bertz CT molecular complexity index is 1410. The highest BCUT2D eigenvalue weighted by molar-refractivity contribution is 5.94. The van der Waals surface area contributed by atoms with E-state index in [1.807, 2.05) is 48.5 Å². The van der Waals surface area contributed by atoms with Gasteiger partial charge >= 0.3 is 0 Å². The van der Waals surface area contributed by atoms with Crippen molar-refractivity contribution < 1.29 is 9.53 Å². The molecular weight excluding hydrogens is 452 g/mol. The van der Waals surface area contributed by atoms with Crippen LogP contribution in [-0.2, 0) is 11.2 Å². The first kappa shape index (κ1) is 23.5. The minimum atomic E-state index is -0.121. The van der Waals surface area contributed by atoms with Crippen molar-refractivity contribution in [1.29, 1.82) is 5.26 Å². The summed E-state index contributed by atoms with van der Waals surface area (Å²) in [5, 5.41) is 13.1. The molecule has 0 radical (unpaired) electrons. The first-order valence-electron chi connectivity index (χ1n) is 12.1. The van der Waals surface area contributed by atoms with Gasteiger partial charge in [0.2, 0.25) is 5.95 Å². The molecule has 182 valence electrons. The first-order valence-corrected chi connectivity index (χ1v) is 12.1. The third kappa shape index (κ3) is 4.92. The fraction of sp³-hybridized carbons (Fsp3) is 0.286. The van der Waals surface area contributed by atoms with Gasteiger partial charge in [0.25, 0.3) is 5.91 Å². The van der Waals surface area contributed by atoms with Crippen molar-refractivity contribution in [2.24, 2.45) is 0 Å². The average Bonchev–Trinajstić information content (AvgIpc) is 3.55. The number of fused-ring (bicyclic) bond motifs is 1. The zero-order valence-electron chi connectivity index (χ0n) is 20.2. The molecule has 0 aliphatic carbocycles. The van der Waals surface area contributed by atoms with Crippen molar-refractivity contribution >= 4 is 22.8 Å². The van der Waals surface area contributed by atoms with Crippen LogP contribution in [-0.4, -0.2) is 53.7 Å². The quantitative estimate of drug-likeness (QED) is 0.394. The highest BCUT2D eigenvalue weighted by Crippen LogP contribution is 2.25. The number of rotatable bonds is 8. The van der Waals surface area contributed by atoms with Crippen LogP contribution in [0.5, 0.6) is 0 Å². The lowest BCUT2D eigenvalue weighted by Gasteiger charge is -2.24. The molecule has 1 atom stereocenters. The average molecular weight is 481 g/mol. The van der Waals surface area contributed by atoms with Gasteiger partial charge in [-0.3, -0.25) is 4.79 Å². The van der Waals surface area contributed by atoms with E-state index in [1.165, 1.54) is 0 Å². The second-order valence-corrected chi connectivity index (χ2v) is 8.96. The number of ether oxygens (including phenoxy) is 1. The molecule has 0 bridgehead atoms. The van der Waals surface area contributed by atoms with Crippen LogP contribution in [0.25, 0.3) is 22.2 Å². The molecule has 1 amide bonds. The summed E-state index contributed by atoms with van der Waals surface area (Å²) in [6.07, 6.45) is 6.36. The maximum absolute atomic E-state index is 12.7. The number of H-pyrrole nitrogens is 1. The third-order valence-corrected chi connectivity index (χ3v) is 6.64. The van der Waals surface area contributed by atoms with Gasteiger partial charge in [0.05, 0.1) is 23.9 Å². The lowest BCUT2D eigenvalue weighted by molar-refractivity contribution is 0.0954. The van der Waals surface area contributed by atoms with Crippen LogP contribution < -0.4 is 10.2 Å². The summed E-state index contributed by atoms with van der Waals surface area (Å²) in [5.41, 5.74) is 4.99. The van der Waals surface area contributed by atoms with Gasteiger partial charge in [-0.25, -0.2) is 9.97 Å². The maximum atomic E-state index is 12.7. The molecule has 5 rings (SSSR count). The zero-order valence-corrected chi connectivity index (χ0v) is 20.2. The van der Waals surface area contributed by atoms with Gasteiger partial charge in [-0.15, -0.1) is 0 Å². The van der Waals surface area contributed by atoms with E-state index in [0.717, 1.165) is 47.1 Å². The molecule has 0 spiro atoms. The largest absolute Gasteiger partial charge is 0.383 e. The van der Waals surface area contributed by atoms with Gasteiger partial charge in [0, 0.05) is 54.6 Å². The Labute approximate surface area is 209 Å². The van der Waals surface area contributed by atoms with Crippen molar-refractivity contribution in [2.75, 3.05) is 31.7 Å². The topological polar surface area (TPSA) is 107 Å². The molecule has 1 saturated heterocycles. The van der Waals surface area contributed by atoms with Crippen LogP contribution in [0.3, 0.4) is 0 Å². The fourth-order valence-electron chi connectivity index (χ4n) is 4.74. The molecule has 2 aromatic heterocycles. The number of benzene rings is 2. The van der Waals surface area contributed by atoms with E-state index in [9.17, 15) is 10.1 Å². The minimum Gasteiger partial charge on any atom is -0.383 e. The number of nitrogens with one attached hydrogen (secondary N) is 2. The molecule has 1 aliphatic rings. The highest BCUT2D eigenvalue weighted by atomic mass is 16.5. The second-order valence-electron chi connectivity index (χ2n) is 8.96. The van der Waals surface area contributed by atoms with Crippen LogP contribution in [0.2, 0.25) is 0 Å². The number of anilines is 1. The van der Waals surface area contributed by atoms with Crippen LogP contribution in [0.4, 0.5) is 5.95 Å². The molecule has 2 N–H and O–H groups in total. The van der Waals surface area contributed by atoms with E-state index in [-0.39, 0.29) is 5.91 Å². The molecule has 36 heavy (non-hydrogen) atoms. The number of hydrogen-bond acceptors (Lipinski definition) is 6. The van der Waals surface area contributed by atoms with E-state index >= 15 is 0 Å². The molecular formula is C28H28N6O2. The van der Waals surface area contributed by atoms with Crippen molar-refractivity contribution in [3.05, 3.63) is 77.6 Å². The molecule has 1 aliphatic heterocycles. The molecule has 0 unspecified atom stereocenters. The van der Waals surface area contributed by atoms with Crippen LogP contribution in [0.1, 0.15) is 34.3 Å². The summed E-state index contributed by atoms with van der Waals surface area (Å²) in [6, 6.07) is 17.8. The van der Waals surface area contributed by atoms with Crippen molar-refractivity contribution in [3.8, 4) is 17.3 Å².